The second kappa shape index (κ2) is 5.59. The smallest absolute Gasteiger partial charge is 0.236 e. The first-order valence-electron chi connectivity index (χ1n) is 8.87. The number of anilines is 1. The fourth-order valence-corrected chi connectivity index (χ4v) is 3.70. The quantitative estimate of drug-likeness (QED) is 0.836. The largest absolute Gasteiger partial charge is 0.374 e. The van der Waals surface area contributed by atoms with Crippen LogP contribution in [0.2, 0.25) is 0 Å². The molecule has 1 aromatic carbocycles. The van der Waals surface area contributed by atoms with Crippen LogP contribution in [0.5, 0.6) is 0 Å². The molecular weight excluding hydrogens is 324 g/mol. The molecule has 0 atom stereocenters. The van der Waals surface area contributed by atoms with Crippen molar-refractivity contribution in [3.05, 3.63) is 59.6 Å². The van der Waals surface area contributed by atoms with Gasteiger partial charge >= 0.3 is 0 Å². The molecule has 2 aliphatic rings. The summed E-state index contributed by atoms with van der Waals surface area (Å²) in [5.41, 5.74) is 6.06. The van der Waals surface area contributed by atoms with Crippen molar-refractivity contribution in [1.82, 2.24) is 14.7 Å². The van der Waals surface area contributed by atoms with E-state index in [-0.39, 0.29) is 5.91 Å². The van der Waals surface area contributed by atoms with Crippen LogP contribution in [0.25, 0.3) is 11.3 Å². The van der Waals surface area contributed by atoms with Gasteiger partial charge in [-0.2, -0.15) is 5.10 Å². The van der Waals surface area contributed by atoms with E-state index in [9.17, 15) is 4.79 Å². The van der Waals surface area contributed by atoms with Gasteiger partial charge in [-0.1, -0.05) is 12.1 Å². The van der Waals surface area contributed by atoms with E-state index >= 15 is 0 Å². The lowest BCUT2D eigenvalue weighted by atomic mass is 9.86. The molecule has 5 nitrogen and oxygen atoms in total. The number of carbonyl (C=O) groups is 1. The number of hydrogen-bond acceptors (Lipinski definition) is 3. The molecule has 0 spiro atoms. The zero-order chi connectivity index (χ0) is 18.6. The third-order valence-electron chi connectivity index (χ3n) is 5.59. The maximum Gasteiger partial charge on any atom is 0.236 e. The molecule has 4 rings (SSSR count). The van der Waals surface area contributed by atoms with E-state index in [1.165, 1.54) is 11.3 Å². The van der Waals surface area contributed by atoms with Gasteiger partial charge in [-0.05, 0) is 50.1 Å². The zero-order valence-corrected chi connectivity index (χ0v) is 15.9. The van der Waals surface area contributed by atoms with Crippen molar-refractivity contribution in [1.29, 1.82) is 0 Å². The van der Waals surface area contributed by atoms with Gasteiger partial charge in [-0.25, -0.2) is 4.68 Å². The first kappa shape index (κ1) is 16.6. The molecule has 0 unspecified atom stereocenters. The SMILES string of the molecule is CC1=CC(c2cnn(-c3ccc4c(c3)N(C)C(=O)C4(C)C)c2)=CCN1C. The van der Waals surface area contributed by atoms with E-state index in [0.717, 1.165) is 29.0 Å². The van der Waals surface area contributed by atoms with E-state index in [4.69, 9.17) is 0 Å². The van der Waals surface area contributed by atoms with Crippen LogP contribution < -0.4 is 4.90 Å². The Kier molecular flexibility index (Phi) is 3.58. The number of hydrogen-bond donors (Lipinski definition) is 0. The standard InChI is InChI=1S/C21H24N4O/c1-14-10-15(8-9-23(14)4)16-12-22-25(13-16)17-6-7-18-19(11-17)24(5)20(26)21(18,2)3/h6-8,10-13H,9H2,1-5H3. The number of fused-ring (bicyclic) bond motifs is 1. The van der Waals surface area contributed by atoms with Gasteiger partial charge < -0.3 is 9.80 Å². The number of rotatable bonds is 2. The van der Waals surface area contributed by atoms with E-state index in [0.29, 0.717) is 0 Å². The first-order chi connectivity index (χ1) is 12.3. The van der Waals surface area contributed by atoms with Gasteiger partial charge in [0.15, 0.2) is 0 Å². The van der Waals surface area contributed by atoms with E-state index in [1.807, 2.05) is 56.2 Å². The number of carbonyl (C=O) groups excluding carboxylic acids is 1. The summed E-state index contributed by atoms with van der Waals surface area (Å²) >= 11 is 0. The van der Waals surface area contributed by atoms with Crippen molar-refractivity contribution in [2.24, 2.45) is 0 Å². The van der Waals surface area contributed by atoms with Crippen LogP contribution >= 0.6 is 0 Å². The van der Waals surface area contributed by atoms with Crippen molar-refractivity contribution >= 4 is 17.2 Å². The minimum atomic E-state index is -0.473. The minimum Gasteiger partial charge on any atom is -0.374 e. The number of likely N-dealkylation sites (N-methyl/N-ethyl adjacent to an activating group) is 2. The molecule has 26 heavy (non-hydrogen) atoms. The van der Waals surface area contributed by atoms with Crippen molar-refractivity contribution in [2.75, 3.05) is 25.5 Å². The fourth-order valence-electron chi connectivity index (χ4n) is 3.70. The van der Waals surface area contributed by atoms with Gasteiger partial charge in [0.1, 0.15) is 0 Å². The summed E-state index contributed by atoms with van der Waals surface area (Å²) in [6.45, 7) is 6.98. The topological polar surface area (TPSA) is 41.4 Å². The molecule has 0 radical (unpaired) electrons. The van der Waals surface area contributed by atoms with Crippen LogP contribution in [0.1, 0.15) is 31.9 Å². The molecule has 0 fully saturated rings. The summed E-state index contributed by atoms with van der Waals surface area (Å²) in [5.74, 6) is 0.128. The van der Waals surface area contributed by atoms with Crippen LogP contribution in [0, 0.1) is 0 Å². The molecule has 134 valence electrons. The Morgan fingerprint density at radius 1 is 1.19 bits per heavy atom. The van der Waals surface area contributed by atoms with Crippen LogP contribution in [0.3, 0.4) is 0 Å². The molecule has 0 saturated carbocycles. The molecular formula is C21H24N4O. The predicted molar refractivity (Wildman–Crippen MR) is 104 cm³/mol. The second-order valence-electron chi connectivity index (χ2n) is 7.69. The predicted octanol–water partition coefficient (Wildman–Crippen LogP) is 3.36. The lowest BCUT2D eigenvalue weighted by molar-refractivity contribution is -0.121. The Hall–Kier alpha value is -2.82. The summed E-state index contributed by atoms with van der Waals surface area (Å²) < 4.78 is 1.88. The highest BCUT2D eigenvalue weighted by molar-refractivity contribution is 6.07. The average molecular weight is 348 g/mol. The van der Waals surface area contributed by atoms with Gasteiger partial charge in [0.05, 0.1) is 17.3 Å². The molecule has 1 aromatic heterocycles. The van der Waals surface area contributed by atoms with Crippen molar-refractivity contribution < 1.29 is 4.79 Å². The third-order valence-corrected chi connectivity index (χ3v) is 5.59. The third kappa shape index (κ3) is 2.38. The maximum absolute atomic E-state index is 12.5. The summed E-state index contributed by atoms with van der Waals surface area (Å²) in [6, 6.07) is 6.13. The summed E-state index contributed by atoms with van der Waals surface area (Å²) in [7, 11) is 3.93. The average Bonchev–Trinajstić information content (AvgIpc) is 3.17. The van der Waals surface area contributed by atoms with Crippen LogP contribution in [0.15, 0.2) is 48.4 Å². The number of aromatic nitrogens is 2. The molecule has 0 N–H and O–H groups in total. The van der Waals surface area contributed by atoms with Gasteiger partial charge in [-0.15, -0.1) is 0 Å². The molecule has 0 aliphatic carbocycles. The van der Waals surface area contributed by atoms with Gasteiger partial charge in [0.25, 0.3) is 0 Å². The maximum atomic E-state index is 12.5. The molecule has 2 aliphatic heterocycles. The summed E-state index contributed by atoms with van der Waals surface area (Å²) in [4.78, 5) is 16.4. The number of benzene rings is 1. The van der Waals surface area contributed by atoms with E-state index < -0.39 is 5.41 Å². The Bertz CT molecular complexity index is 964. The lowest BCUT2D eigenvalue weighted by Crippen LogP contribution is -2.33. The van der Waals surface area contributed by atoms with Crippen LogP contribution in [-0.2, 0) is 10.2 Å². The monoisotopic (exact) mass is 348 g/mol. The van der Waals surface area contributed by atoms with Crippen LogP contribution in [0.4, 0.5) is 5.69 Å². The molecule has 3 heterocycles. The molecule has 5 heteroatoms. The molecule has 2 aromatic rings. The van der Waals surface area contributed by atoms with Crippen molar-refractivity contribution in [3.63, 3.8) is 0 Å². The van der Waals surface area contributed by atoms with Crippen molar-refractivity contribution in [2.45, 2.75) is 26.2 Å². The van der Waals surface area contributed by atoms with E-state index in [2.05, 4.69) is 36.1 Å². The Labute approximate surface area is 154 Å². The zero-order valence-electron chi connectivity index (χ0n) is 15.9. The molecule has 0 saturated heterocycles. The van der Waals surface area contributed by atoms with Crippen molar-refractivity contribution in [3.8, 4) is 5.69 Å². The normalized spacial score (nSPS) is 18.7. The van der Waals surface area contributed by atoms with E-state index in [1.54, 1.807) is 4.90 Å². The van der Waals surface area contributed by atoms with Gasteiger partial charge in [-0.3, -0.25) is 4.79 Å². The first-order valence-corrected chi connectivity index (χ1v) is 8.87. The molecule has 0 bridgehead atoms. The Balaban J connectivity index is 1.69. The second-order valence-corrected chi connectivity index (χ2v) is 7.69. The summed E-state index contributed by atoms with van der Waals surface area (Å²) in [5, 5.41) is 4.54. The molecule has 1 amide bonds. The highest BCUT2D eigenvalue weighted by atomic mass is 16.2. The highest BCUT2D eigenvalue weighted by Crippen LogP contribution is 2.41. The minimum absolute atomic E-state index is 0.128. The number of allylic oxidation sites excluding steroid dienone is 3. The lowest BCUT2D eigenvalue weighted by Gasteiger charge is -2.22. The highest BCUT2D eigenvalue weighted by Gasteiger charge is 2.42. The fraction of sp³-hybridized carbons (Fsp3) is 0.333. The van der Waals surface area contributed by atoms with Crippen LogP contribution in [-0.4, -0.2) is 41.2 Å². The Morgan fingerprint density at radius 2 is 1.96 bits per heavy atom. The summed E-state index contributed by atoms with van der Waals surface area (Å²) in [6.07, 6.45) is 8.34. The van der Waals surface area contributed by atoms with Gasteiger partial charge in [0.2, 0.25) is 5.91 Å². The Morgan fingerprint density at radius 3 is 2.69 bits per heavy atom. The number of amides is 1. The number of nitrogens with zero attached hydrogens (tertiary/aromatic N) is 4. The van der Waals surface area contributed by atoms with Gasteiger partial charge in [0, 0.05) is 43.8 Å².